The Bertz CT molecular complexity index is 450. The average molecular weight is 280 g/mol. The second-order valence-electron chi connectivity index (χ2n) is 5.18. The van der Waals surface area contributed by atoms with E-state index in [4.69, 9.17) is 4.74 Å². The molecule has 5 heteroatoms. The molecule has 0 spiro atoms. The summed E-state index contributed by atoms with van der Waals surface area (Å²) < 4.78 is 18.1. The van der Waals surface area contributed by atoms with E-state index in [0.29, 0.717) is 13.2 Å². The van der Waals surface area contributed by atoms with E-state index in [1.165, 1.54) is 12.1 Å². The highest BCUT2D eigenvalue weighted by atomic mass is 19.1. The maximum atomic E-state index is 12.9. The van der Waals surface area contributed by atoms with E-state index in [9.17, 15) is 9.18 Å². The van der Waals surface area contributed by atoms with Crippen molar-refractivity contribution < 1.29 is 13.9 Å². The summed E-state index contributed by atoms with van der Waals surface area (Å²) in [5.74, 6) is -0.124. The molecule has 1 atom stereocenters. The molecule has 2 rings (SSSR count). The molecule has 1 saturated heterocycles. The number of nitrogens with zero attached hydrogens (tertiary/aromatic N) is 2. The second kappa shape index (κ2) is 6.81. The fourth-order valence-electron chi connectivity index (χ4n) is 2.66. The highest BCUT2D eigenvalue weighted by Crippen LogP contribution is 2.14. The molecule has 0 saturated carbocycles. The minimum Gasteiger partial charge on any atom is -0.382 e. The van der Waals surface area contributed by atoms with Crippen LogP contribution >= 0.6 is 0 Å². The Hall–Kier alpha value is -1.46. The highest BCUT2D eigenvalue weighted by molar-refractivity contribution is 5.73. The third-order valence-electron chi connectivity index (χ3n) is 3.65. The molecule has 1 fully saturated rings. The SMILES string of the molecule is COC[C@@H]1CN(Cc2ccc(F)cc2)CCN1C(C)=O. The first-order valence-electron chi connectivity index (χ1n) is 6.83. The Morgan fingerprint density at radius 3 is 2.65 bits per heavy atom. The predicted octanol–water partition coefficient (Wildman–Crippen LogP) is 1.50. The van der Waals surface area contributed by atoms with Gasteiger partial charge in [-0.25, -0.2) is 4.39 Å². The number of benzene rings is 1. The predicted molar refractivity (Wildman–Crippen MR) is 74.7 cm³/mol. The molecule has 1 amide bonds. The summed E-state index contributed by atoms with van der Waals surface area (Å²) >= 11 is 0. The first-order chi connectivity index (χ1) is 9.60. The minimum atomic E-state index is -0.215. The van der Waals surface area contributed by atoms with Crippen LogP contribution in [0.5, 0.6) is 0 Å². The Morgan fingerprint density at radius 2 is 2.05 bits per heavy atom. The van der Waals surface area contributed by atoms with Gasteiger partial charge in [-0.3, -0.25) is 9.69 Å². The van der Waals surface area contributed by atoms with Gasteiger partial charge >= 0.3 is 0 Å². The van der Waals surface area contributed by atoms with Crippen LogP contribution in [0.3, 0.4) is 0 Å². The van der Waals surface area contributed by atoms with E-state index < -0.39 is 0 Å². The molecule has 0 bridgehead atoms. The monoisotopic (exact) mass is 280 g/mol. The third-order valence-corrected chi connectivity index (χ3v) is 3.65. The molecule has 0 N–H and O–H groups in total. The third kappa shape index (κ3) is 3.77. The van der Waals surface area contributed by atoms with Gasteiger partial charge in [-0.2, -0.15) is 0 Å². The van der Waals surface area contributed by atoms with E-state index in [2.05, 4.69) is 4.90 Å². The lowest BCUT2D eigenvalue weighted by Crippen LogP contribution is -2.55. The Kier molecular flexibility index (Phi) is 5.09. The van der Waals surface area contributed by atoms with Crippen molar-refractivity contribution in [3.05, 3.63) is 35.6 Å². The number of hydrogen-bond acceptors (Lipinski definition) is 3. The van der Waals surface area contributed by atoms with E-state index in [0.717, 1.165) is 25.2 Å². The Morgan fingerprint density at radius 1 is 1.35 bits per heavy atom. The van der Waals surface area contributed by atoms with Crippen LogP contribution in [0.2, 0.25) is 0 Å². The number of rotatable bonds is 4. The Balaban J connectivity index is 1.97. The van der Waals surface area contributed by atoms with Crippen LogP contribution in [0, 0.1) is 5.82 Å². The lowest BCUT2D eigenvalue weighted by atomic mass is 10.1. The van der Waals surface area contributed by atoms with Crippen LogP contribution < -0.4 is 0 Å². The molecule has 0 aliphatic carbocycles. The number of carbonyl (C=O) groups excluding carboxylic acids is 1. The average Bonchev–Trinajstić information content (AvgIpc) is 2.42. The smallest absolute Gasteiger partial charge is 0.219 e. The number of halogens is 1. The standard InChI is InChI=1S/C15H21FN2O2/c1-12(19)18-8-7-17(10-15(18)11-20-2)9-13-3-5-14(16)6-4-13/h3-6,15H,7-11H2,1-2H3/t15-/m0/s1. The van der Waals surface area contributed by atoms with E-state index >= 15 is 0 Å². The van der Waals surface area contributed by atoms with Crippen molar-refractivity contribution in [2.75, 3.05) is 33.4 Å². The number of hydrogen-bond donors (Lipinski definition) is 0. The molecule has 4 nitrogen and oxygen atoms in total. The molecular formula is C15H21FN2O2. The maximum Gasteiger partial charge on any atom is 0.219 e. The zero-order valence-corrected chi connectivity index (χ0v) is 12.0. The van der Waals surface area contributed by atoms with E-state index in [1.54, 1.807) is 26.2 Å². The number of methoxy groups -OCH3 is 1. The van der Waals surface area contributed by atoms with Gasteiger partial charge in [0.1, 0.15) is 5.82 Å². The summed E-state index contributed by atoms with van der Waals surface area (Å²) in [5, 5.41) is 0. The molecule has 0 radical (unpaired) electrons. The molecule has 0 unspecified atom stereocenters. The fourth-order valence-corrected chi connectivity index (χ4v) is 2.66. The minimum absolute atomic E-state index is 0.0895. The van der Waals surface area contributed by atoms with Gasteiger partial charge in [0.2, 0.25) is 5.91 Å². The van der Waals surface area contributed by atoms with Crippen molar-refractivity contribution in [3.63, 3.8) is 0 Å². The van der Waals surface area contributed by atoms with Gasteiger partial charge in [-0.15, -0.1) is 0 Å². The molecule has 1 aromatic rings. The largest absolute Gasteiger partial charge is 0.382 e. The van der Waals surface area contributed by atoms with Gasteiger partial charge in [0.05, 0.1) is 12.6 Å². The van der Waals surface area contributed by atoms with Crippen molar-refractivity contribution >= 4 is 5.91 Å². The normalized spacial score (nSPS) is 20.1. The van der Waals surface area contributed by atoms with Crippen LogP contribution in [-0.4, -0.2) is 55.1 Å². The number of piperazine rings is 1. The quantitative estimate of drug-likeness (QED) is 0.838. The van der Waals surface area contributed by atoms with Gasteiger partial charge in [-0.1, -0.05) is 12.1 Å². The number of carbonyl (C=O) groups is 1. The zero-order chi connectivity index (χ0) is 14.5. The summed E-state index contributed by atoms with van der Waals surface area (Å²) in [7, 11) is 1.65. The van der Waals surface area contributed by atoms with Crippen molar-refractivity contribution in [2.45, 2.75) is 19.5 Å². The van der Waals surface area contributed by atoms with Crippen LogP contribution in [0.4, 0.5) is 4.39 Å². The maximum absolute atomic E-state index is 12.9. The number of ether oxygens (including phenoxy) is 1. The van der Waals surface area contributed by atoms with Gasteiger partial charge in [0, 0.05) is 40.2 Å². The van der Waals surface area contributed by atoms with Crippen LogP contribution in [0.1, 0.15) is 12.5 Å². The van der Waals surface area contributed by atoms with Crippen molar-refractivity contribution in [1.29, 1.82) is 0 Å². The lowest BCUT2D eigenvalue weighted by molar-refractivity contribution is -0.135. The molecule has 1 aliphatic heterocycles. The second-order valence-corrected chi connectivity index (χ2v) is 5.18. The van der Waals surface area contributed by atoms with Gasteiger partial charge in [0.25, 0.3) is 0 Å². The zero-order valence-electron chi connectivity index (χ0n) is 12.0. The summed E-state index contributed by atoms with van der Waals surface area (Å²) in [5.41, 5.74) is 1.08. The lowest BCUT2D eigenvalue weighted by Gasteiger charge is -2.40. The van der Waals surface area contributed by atoms with Crippen molar-refractivity contribution in [2.24, 2.45) is 0 Å². The first-order valence-corrected chi connectivity index (χ1v) is 6.83. The van der Waals surface area contributed by atoms with Crippen molar-refractivity contribution in [3.8, 4) is 0 Å². The summed E-state index contributed by atoms with van der Waals surface area (Å²) in [6.07, 6.45) is 0. The van der Waals surface area contributed by atoms with Gasteiger partial charge in [-0.05, 0) is 17.7 Å². The summed E-state index contributed by atoms with van der Waals surface area (Å²) in [6, 6.07) is 6.66. The summed E-state index contributed by atoms with van der Waals surface area (Å²) in [6.45, 7) is 5.23. The van der Waals surface area contributed by atoms with Gasteiger partial charge in [0.15, 0.2) is 0 Å². The molecule has 1 aromatic carbocycles. The number of amides is 1. The Labute approximate surface area is 119 Å². The molecule has 20 heavy (non-hydrogen) atoms. The molecule has 1 heterocycles. The van der Waals surface area contributed by atoms with E-state index in [1.807, 2.05) is 4.90 Å². The fraction of sp³-hybridized carbons (Fsp3) is 0.533. The van der Waals surface area contributed by atoms with Crippen molar-refractivity contribution in [1.82, 2.24) is 9.80 Å². The van der Waals surface area contributed by atoms with Crippen LogP contribution in [0.15, 0.2) is 24.3 Å². The molecular weight excluding hydrogens is 259 g/mol. The molecule has 0 aromatic heterocycles. The van der Waals surface area contributed by atoms with Crippen LogP contribution in [-0.2, 0) is 16.1 Å². The highest BCUT2D eigenvalue weighted by Gasteiger charge is 2.28. The van der Waals surface area contributed by atoms with Gasteiger partial charge < -0.3 is 9.64 Å². The summed E-state index contributed by atoms with van der Waals surface area (Å²) in [4.78, 5) is 15.7. The first kappa shape index (κ1) is 14.9. The topological polar surface area (TPSA) is 32.8 Å². The molecule has 1 aliphatic rings. The molecule has 110 valence electrons. The van der Waals surface area contributed by atoms with Crippen LogP contribution in [0.25, 0.3) is 0 Å². The van der Waals surface area contributed by atoms with E-state index in [-0.39, 0.29) is 17.8 Å².